The third-order valence-corrected chi connectivity index (χ3v) is 5.86. The van der Waals surface area contributed by atoms with Gasteiger partial charge >= 0.3 is 0 Å². The smallest absolute Gasteiger partial charge is 0.237 e. The summed E-state index contributed by atoms with van der Waals surface area (Å²) in [6, 6.07) is 11.7. The van der Waals surface area contributed by atoms with Gasteiger partial charge in [-0.3, -0.25) is 9.89 Å². The number of anilines is 1. The molecule has 3 aromatic rings. The fourth-order valence-corrected chi connectivity index (χ4v) is 3.58. The summed E-state index contributed by atoms with van der Waals surface area (Å²) >= 11 is 7.41. The number of aromatic nitrogens is 3. The van der Waals surface area contributed by atoms with Gasteiger partial charge in [-0.15, -0.1) is 5.10 Å². The molecular formula is C21H23ClN4O2S. The van der Waals surface area contributed by atoms with Crippen molar-refractivity contribution in [2.24, 2.45) is 0 Å². The Hall–Kier alpha value is -2.51. The molecule has 0 aliphatic rings. The molecule has 29 heavy (non-hydrogen) atoms. The SMILES string of the molecule is CCc1ccc(-c2nc(SC(C)C(=O)Nc3cc(C)c(Cl)cc3OC)n[nH]2)cc1. The lowest BCUT2D eigenvalue weighted by atomic mass is 10.1. The Morgan fingerprint density at radius 2 is 2.03 bits per heavy atom. The number of methoxy groups -OCH3 is 1. The van der Waals surface area contributed by atoms with Crippen molar-refractivity contribution < 1.29 is 9.53 Å². The molecule has 0 aliphatic carbocycles. The van der Waals surface area contributed by atoms with Crippen LogP contribution in [0.1, 0.15) is 25.0 Å². The zero-order valence-electron chi connectivity index (χ0n) is 16.7. The number of ether oxygens (including phenoxy) is 1. The maximum atomic E-state index is 12.6. The average Bonchev–Trinajstić information content (AvgIpc) is 3.19. The van der Waals surface area contributed by atoms with Crippen LogP contribution < -0.4 is 10.1 Å². The van der Waals surface area contributed by atoms with Gasteiger partial charge in [-0.05, 0) is 37.5 Å². The van der Waals surface area contributed by atoms with Crippen LogP contribution in [0, 0.1) is 6.92 Å². The van der Waals surface area contributed by atoms with E-state index in [0.29, 0.717) is 27.4 Å². The van der Waals surface area contributed by atoms with E-state index in [1.165, 1.54) is 24.4 Å². The summed E-state index contributed by atoms with van der Waals surface area (Å²) in [5, 5.41) is 10.8. The number of nitrogens with zero attached hydrogens (tertiary/aromatic N) is 2. The van der Waals surface area contributed by atoms with Gasteiger partial charge < -0.3 is 10.1 Å². The zero-order chi connectivity index (χ0) is 21.0. The van der Waals surface area contributed by atoms with Gasteiger partial charge in [0.1, 0.15) is 5.75 Å². The number of halogens is 1. The van der Waals surface area contributed by atoms with Crippen molar-refractivity contribution in [2.75, 3.05) is 12.4 Å². The van der Waals surface area contributed by atoms with E-state index < -0.39 is 5.25 Å². The average molecular weight is 431 g/mol. The number of carbonyl (C=O) groups excluding carboxylic acids is 1. The summed E-state index contributed by atoms with van der Waals surface area (Å²) in [7, 11) is 1.54. The number of benzene rings is 2. The van der Waals surface area contributed by atoms with Crippen molar-refractivity contribution in [2.45, 2.75) is 37.6 Å². The van der Waals surface area contributed by atoms with Gasteiger partial charge in [-0.25, -0.2) is 4.98 Å². The van der Waals surface area contributed by atoms with E-state index in [4.69, 9.17) is 16.3 Å². The maximum absolute atomic E-state index is 12.6. The molecule has 1 heterocycles. The number of H-pyrrole nitrogens is 1. The molecule has 0 radical (unpaired) electrons. The number of amides is 1. The Bertz CT molecular complexity index is 1000. The second kappa shape index (κ2) is 9.33. The zero-order valence-corrected chi connectivity index (χ0v) is 18.3. The number of rotatable bonds is 7. The highest BCUT2D eigenvalue weighted by atomic mass is 35.5. The Morgan fingerprint density at radius 1 is 1.31 bits per heavy atom. The van der Waals surface area contributed by atoms with E-state index in [1.54, 1.807) is 19.1 Å². The summed E-state index contributed by atoms with van der Waals surface area (Å²) in [6.45, 7) is 5.80. The van der Waals surface area contributed by atoms with E-state index in [2.05, 4.69) is 39.6 Å². The summed E-state index contributed by atoms with van der Waals surface area (Å²) < 4.78 is 5.31. The van der Waals surface area contributed by atoms with Gasteiger partial charge in [0.2, 0.25) is 11.1 Å². The predicted octanol–water partition coefficient (Wildman–Crippen LogP) is 5.12. The van der Waals surface area contributed by atoms with E-state index >= 15 is 0 Å². The van der Waals surface area contributed by atoms with Crippen molar-refractivity contribution in [3.63, 3.8) is 0 Å². The van der Waals surface area contributed by atoms with Crippen LogP contribution in [-0.4, -0.2) is 33.4 Å². The molecule has 8 heteroatoms. The molecule has 6 nitrogen and oxygen atoms in total. The number of carbonyl (C=O) groups is 1. The first-order valence-corrected chi connectivity index (χ1v) is 10.5. The summed E-state index contributed by atoms with van der Waals surface area (Å²) in [6.07, 6.45) is 0.988. The Balaban J connectivity index is 1.67. The van der Waals surface area contributed by atoms with E-state index in [1.807, 2.05) is 19.1 Å². The minimum absolute atomic E-state index is 0.173. The molecule has 0 aliphatic heterocycles. The standard InChI is InChI=1S/C21H23ClN4O2S/c1-5-14-6-8-15(9-7-14)19-24-21(26-25-19)29-13(3)20(27)23-17-10-12(2)16(22)11-18(17)28-4/h6-11,13H,5H2,1-4H3,(H,23,27)(H,24,25,26). The number of aromatic amines is 1. The molecule has 0 bridgehead atoms. The molecule has 2 aromatic carbocycles. The first-order chi connectivity index (χ1) is 13.9. The summed E-state index contributed by atoms with van der Waals surface area (Å²) in [5.41, 5.74) is 3.66. The number of aryl methyl sites for hydroxylation is 2. The third-order valence-electron chi connectivity index (χ3n) is 4.49. The van der Waals surface area contributed by atoms with Crippen LogP contribution in [0.3, 0.4) is 0 Å². The van der Waals surface area contributed by atoms with Crippen molar-refractivity contribution in [1.29, 1.82) is 0 Å². The number of hydrogen-bond donors (Lipinski definition) is 2. The minimum Gasteiger partial charge on any atom is -0.495 e. The Labute approximate surface area is 179 Å². The molecule has 0 saturated carbocycles. The van der Waals surface area contributed by atoms with Gasteiger partial charge in [0, 0.05) is 16.7 Å². The lowest BCUT2D eigenvalue weighted by Crippen LogP contribution is -2.23. The first-order valence-electron chi connectivity index (χ1n) is 9.24. The highest BCUT2D eigenvalue weighted by Gasteiger charge is 2.19. The monoisotopic (exact) mass is 430 g/mol. The quantitative estimate of drug-likeness (QED) is 0.508. The minimum atomic E-state index is -0.401. The van der Waals surface area contributed by atoms with Crippen LogP contribution in [0.2, 0.25) is 5.02 Å². The highest BCUT2D eigenvalue weighted by molar-refractivity contribution is 8.00. The Kier molecular flexibility index (Phi) is 6.82. The molecule has 3 rings (SSSR count). The van der Waals surface area contributed by atoms with Crippen molar-refractivity contribution in [3.05, 3.63) is 52.5 Å². The molecule has 0 saturated heterocycles. The molecule has 152 valence electrons. The largest absolute Gasteiger partial charge is 0.495 e. The summed E-state index contributed by atoms with van der Waals surface area (Å²) in [5.74, 6) is 1.02. The van der Waals surface area contributed by atoms with Gasteiger partial charge in [0.15, 0.2) is 5.82 Å². The van der Waals surface area contributed by atoms with Crippen molar-refractivity contribution >= 4 is 35.0 Å². The van der Waals surface area contributed by atoms with Gasteiger partial charge in [-0.1, -0.05) is 54.6 Å². The van der Waals surface area contributed by atoms with Gasteiger partial charge in [0.25, 0.3) is 0 Å². The fourth-order valence-electron chi connectivity index (χ4n) is 2.70. The molecule has 0 fully saturated rings. The van der Waals surface area contributed by atoms with Gasteiger partial charge in [0.05, 0.1) is 18.0 Å². The lowest BCUT2D eigenvalue weighted by molar-refractivity contribution is -0.115. The molecule has 1 unspecified atom stereocenters. The number of hydrogen-bond acceptors (Lipinski definition) is 5. The second-order valence-electron chi connectivity index (χ2n) is 6.57. The van der Waals surface area contributed by atoms with Crippen LogP contribution in [-0.2, 0) is 11.2 Å². The third kappa shape index (κ3) is 5.10. The molecule has 1 atom stereocenters. The lowest BCUT2D eigenvalue weighted by Gasteiger charge is -2.14. The highest BCUT2D eigenvalue weighted by Crippen LogP contribution is 2.32. The van der Waals surface area contributed by atoms with Crippen LogP contribution in [0.15, 0.2) is 41.6 Å². The number of thioether (sulfide) groups is 1. The topological polar surface area (TPSA) is 79.9 Å². The second-order valence-corrected chi connectivity index (χ2v) is 8.28. The Morgan fingerprint density at radius 3 is 2.69 bits per heavy atom. The fraction of sp³-hybridized carbons (Fsp3) is 0.286. The van der Waals surface area contributed by atoms with E-state index in [0.717, 1.165) is 17.5 Å². The summed E-state index contributed by atoms with van der Waals surface area (Å²) in [4.78, 5) is 17.1. The van der Waals surface area contributed by atoms with Gasteiger partial charge in [-0.2, -0.15) is 0 Å². The molecular weight excluding hydrogens is 408 g/mol. The normalized spacial score (nSPS) is 11.9. The molecule has 0 spiro atoms. The van der Waals surface area contributed by atoms with Crippen LogP contribution in [0.4, 0.5) is 5.69 Å². The van der Waals surface area contributed by atoms with E-state index in [-0.39, 0.29) is 5.91 Å². The number of nitrogens with one attached hydrogen (secondary N) is 2. The first kappa shape index (κ1) is 21.2. The van der Waals surface area contributed by atoms with E-state index in [9.17, 15) is 4.79 Å². The molecule has 2 N–H and O–H groups in total. The molecule has 1 aromatic heterocycles. The van der Waals surface area contributed by atoms with Crippen LogP contribution >= 0.6 is 23.4 Å². The van der Waals surface area contributed by atoms with Crippen molar-refractivity contribution in [3.8, 4) is 17.1 Å². The maximum Gasteiger partial charge on any atom is 0.237 e. The van der Waals surface area contributed by atoms with Crippen LogP contribution in [0.5, 0.6) is 5.75 Å². The molecule has 1 amide bonds. The van der Waals surface area contributed by atoms with Crippen molar-refractivity contribution in [1.82, 2.24) is 15.2 Å². The van der Waals surface area contributed by atoms with Crippen LogP contribution in [0.25, 0.3) is 11.4 Å². The predicted molar refractivity (Wildman–Crippen MR) is 118 cm³/mol.